The first-order chi connectivity index (χ1) is 12.5. The van der Waals surface area contributed by atoms with Crippen molar-refractivity contribution in [2.75, 3.05) is 16.2 Å². The van der Waals surface area contributed by atoms with Crippen LogP contribution in [-0.2, 0) is 23.0 Å². The van der Waals surface area contributed by atoms with Gasteiger partial charge in [0.1, 0.15) is 0 Å². The summed E-state index contributed by atoms with van der Waals surface area (Å²) in [5.74, 6) is 0. The summed E-state index contributed by atoms with van der Waals surface area (Å²) in [6.45, 7) is 1.65. The van der Waals surface area contributed by atoms with E-state index in [4.69, 9.17) is 11.6 Å². The van der Waals surface area contributed by atoms with Crippen LogP contribution >= 0.6 is 22.9 Å². The zero-order chi connectivity index (χ0) is 18.1. The Bertz CT molecular complexity index is 1050. The number of sulfonamides is 1. The fraction of sp³-hybridized carbons (Fsp3) is 0.158. The number of nitrogens with one attached hydrogen (secondary N) is 1. The van der Waals surface area contributed by atoms with Crippen LogP contribution in [0.15, 0.2) is 64.9 Å². The molecule has 1 aliphatic rings. The number of anilines is 2. The van der Waals surface area contributed by atoms with Gasteiger partial charge in [-0.05, 0) is 53.8 Å². The maximum absolute atomic E-state index is 12.8. The lowest BCUT2D eigenvalue weighted by molar-refractivity contribution is 0.601. The van der Waals surface area contributed by atoms with Gasteiger partial charge in [-0.25, -0.2) is 8.42 Å². The smallest absolute Gasteiger partial charge is 0.262 e. The van der Waals surface area contributed by atoms with Gasteiger partial charge in [-0.3, -0.25) is 4.72 Å². The van der Waals surface area contributed by atoms with E-state index in [1.54, 1.807) is 29.5 Å². The first kappa shape index (κ1) is 17.4. The van der Waals surface area contributed by atoms with Gasteiger partial charge in [0.25, 0.3) is 10.0 Å². The first-order valence-corrected chi connectivity index (χ1v) is 10.9. The highest BCUT2D eigenvalue weighted by Crippen LogP contribution is 2.33. The molecule has 134 valence electrons. The zero-order valence-corrected chi connectivity index (χ0v) is 16.2. The number of halogens is 1. The highest BCUT2D eigenvalue weighted by molar-refractivity contribution is 7.92. The Hall–Kier alpha value is -2.02. The Labute approximate surface area is 162 Å². The lowest BCUT2D eigenvalue weighted by Crippen LogP contribution is -2.30. The second-order valence-electron chi connectivity index (χ2n) is 6.12. The normalized spacial score (nSPS) is 14.1. The molecule has 2 heterocycles. The molecule has 0 amide bonds. The summed E-state index contributed by atoms with van der Waals surface area (Å²) in [5.41, 5.74) is 2.77. The number of para-hydroxylation sites is 2. The Morgan fingerprint density at radius 3 is 2.77 bits per heavy atom. The molecule has 0 bridgehead atoms. The number of benzene rings is 2. The van der Waals surface area contributed by atoms with E-state index < -0.39 is 10.0 Å². The van der Waals surface area contributed by atoms with E-state index >= 15 is 0 Å². The molecular weight excluding hydrogens is 388 g/mol. The van der Waals surface area contributed by atoms with E-state index in [2.05, 4.69) is 21.1 Å². The van der Waals surface area contributed by atoms with Crippen LogP contribution in [0.3, 0.4) is 0 Å². The van der Waals surface area contributed by atoms with Gasteiger partial charge >= 0.3 is 0 Å². The minimum atomic E-state index is -3.71. The molecule has 1 N–H and O–H groups in total. The third-order valence-electron chi connectivity index (χ3n) is 4.40. The summed E-state index contributed by atoms with van der Waals surface area (Å²) in [6.07, 6.45) is 0.975. The van der Waals surface area contributed by atoms with Gasteiger partial charge in [0.2, 0.25) is 0 Å². The molecule has 3 aromatic rings. The van der Waals surface area contributed by atoms with Crippen molar-refractivity contribution < 1.29 is 8.42 Å². The van der Waals surface area contributed by atoms with Gasteiger partial charge < -0.3 is 4.90 Å². The van der Waals surface area contributed by atoms with E-state index in [1.165, 1.54) is 22.6 Å². The molecule has 0 unspecified atom stereocenters. The largest absolute Gasteiger partial charge is 0.365 e. The summed E-state index contributed by atoms with van der Waals surface area (Å²) in [5, 5.41) is 2.50. The first-order valence-electron chi connectivity index (χ1n) is 8.20. The molecule has 0 atom stereocenters. The van der Waals surface area contributed by atoms with Gasteiger partial charge in [-0.2, -0.15) is 0 Å². The minimum absolute atomic E-state index is 0.151. The molecule has 1 aromatic heterocycles. The van der Waals surface area contributed by atoms with Gasteiger partial charge in [-0.15, -0.1) is 11.3 Å². The molecular formula is C19H17ClN2O2S2. The molecule has 0 saturated carbocycles. The second-order valence-corrected chi connectivity index (χ2v) is 9.24. The number of hydrogen-bond donors (Lipinski definition) is 1. The number of thiophene rings is 1. The van der Waals surface area contributed by atoms with Crippen molar-refractivity contribution in [2.24, 2.45) is 0 Å². The quantitative estimate of drug-likeness (QED) is 0.681. The molecule has 0 radical (unpaired) electrons. The highest BCUT2D eigenvalue weighted by atomic mass is 35.5. The van der Waals surface area contributed by atoms with Crippen LogP contribution < -0.4 is 9.62 Å². The van der Waals surface area contributed by atoms with E-state index in [-0.39, 0.29) is 4.90 Å². The van der Waals surface area contributed by atoms with Crippen LogP contribution in [0.2, 0.25) is 5.02 Å². The van der Waals surface area contributed by atoms with E-state index in [0.717, 1.165) is 25.2 Å². The van der Waals surface area contributed by atoms with Crippen LogP contribution in [0.4, 0.5) is 11.4 Å². The summed E-state index contributed by atoms with van der Waals surface area (Å²) in [7, 11) is -3.71. The third-order valence-corrected chi connectivity index (χ3v) is 7.02. The third kappa shape index (κ3) is 3.45. The summed E-state index contributed by atoms with van der Waals surface area (Å²) in [4.78, 5) is 3.78. The van der Waals surface area contributed by atoms with E-state index in [0.29, 0.717) is 10.7 Å². The Morgan fingerprint density at radius 2 is 1.92 bits per heavy atom. The molecule has 0 spiro atoms. The van der Waals surface area contributed by atoms with Gasteiger partial charge in [0, 0.05) is 23.0 Å². The van der Waals surface area contributed by atoms with Crippen LogP contribution in [0, 0.1) is 0 Å². The van der Waals surface area contributed by atoms with Crippen molar-refractivity contribution in [2.45, 2.75) is 17.9 Å². The molecule has 4 rings (SSSR count). The fourth-order valence-corrected chi connectivity index (χ4v) is 5.39. The van der Waals surface area contributed by atoms with Crippen LogP contribution in [-0.4, -0.2) is 15.0 Å². The molecule has 0 aliphatic carbocycles. The predicted molar refractivity (Wildman–Crippen MR) is 108 cm³/mol. The molecule has 4 nitrogen and oxygen atoms in total. The Kier molecular flexibility index (Phi) is 4.65. The maximum Gasteiger partial charge on any atom is 0.262 e. The summed E-state index contributed by atoms with van der Waals surface area (Å²) < 4.78 is 28.2. The van der Waals surface area contributed by atoms with Crippen molar-refractivity contribution in [1.82, 2.24) is 0 Å². The number of rotatable bonds is 4. The monoisotopic (exact) mass is 404 g/mol. The van der Waals surface area contributed by atoms with Gasteiger partial charge in [-0.1, -0.05) is 29.8 Å². The number of nitrogens with zero attached hydrogens (tertiary/aromatic N) is 1. The van der Waals surface area contributed by atoms with Crippen LogP contribution in [0.25, 0.3) is 0 Å². The van der Waals surface area contributed by atoms with E-state index in [9.17, 15) is 8.42 Å². The number of fused-ring (bicyclic) bond motifs is 1. The highest BCUT2D eigenvalue weighted by Gasteiger charge is 2.22. The molecule has 1 aliphatic heterocycles. The van der Waals surface area contributed by atoms with Crippen molar-refractivity contribution >= 4 is 44.3 Å². The maximum atomic E-state index is 12.8. The topological polar surface area (TPSA) is 49.4 Å². The summed E-state index contributed by atoms with van der Waals surface area (Å²) in [6, 6.07) is 15.9. The average Bonchev–Trinajstić information content (AvgIpc) is 3.09. The van der Waals surface area contributed by atoms with Crippen LogP contribution in [0.5, 0.6) is 0 Å². The summed E-state index contributed by atoms with van der Waals surface area (Å²) >= 11 is 7.73. The SMILES string of the molecule is O=S(=O)(Nc1ccccc1N1CCc2sccc2C1)c1cccc(Cl)c1. The predicted octanol–water partition coefficient (Wildman–Crippen LogP) is 4.77. The van der Waals surface area contributed by atoms with Gasteiger partial charge in [0.15, 0.2) is 0 Å². The van der Waals surface area contributed by atoms with Crippen molar-refractivity contribution in [3.8, 4) is 0 Å². The molecule has 26 heavy (non-hydrogen) atoms. The Balaban J connectivity index is 1.64. The zero-order valence-electron chi connectivity index (χ0n) is 13.9. The minimum Gasteiger partial charge on any atom is -0.365 e. The molecule has 7 heteroatoms. The molecule has 0 fully saturated rings. The second kappa shape index (κ2) is 6.95. The van der Waals surface area contributed by atoms with Gasteiger partial charge in [0.05, 0.1) is 16.3 Å². The van der Waals surface area contributed by atoms with Crippen molar-refractivity contribution in [1.29, 1.82) is 0 Å². The average molecular weight is 405 g/mol. The Morgan fingerprint density at radius 1 is 1.08 bits per heavy atom. The van der Waals surface area contributed by atoms with Crippen molar-refractivity contribution in [3.63, 3.8) is 0 Å². The van der Waals surface area contributed by atoms with Crippen molar-refractivity contribution in [3.05, 3.63) is 75.4 Å². The lowest BCUT2D eigenvalue weighted by atomic mass is 10.1. The van der Waals surface area contributed by atoms with E-state index in [1.807, 2.05) is 18.2 Å². The number of hydrogen-bond acceptors (Lipinski definition) is 4. The fourth-order valence-electron chi connectivity index (χ4n) is 3.13. The lowest BCUT2D eigenvalue weighted by Gasteiger charge is -2.30. The standard InChI is InChI=1S/C19H17ClN2O2S2/c20-15-4-3-5-16(12-15)26(23,24)21-17-6-1-2-7-18(17)22-10-8-19-14(13-22)9-11-25-19/h1-7,9,11-12,21H,8,10,13H2. The molecule has 0 saturated heterocycles. The van der Waals surface area contributed by atoms with Crippen LogP contribution in [0.1, 0.15) is 10.4 Å². The molecule has 2 aromatic carbocycles.